The van der Waals surface area contributed by atoms with E-state index in [9.17, 15) is 14.4 Å². The van der Waals surface area contributed by atoms with Crippen molar-refractivity contribution in [2.24, 2.45) is 5.41 Å². The quantitative estimate of drug-likeness (QED) is 0.665. The first-order chi connectivity index (χ1) is 10.4. The highest BCUT2D eigenvalue weighted by molar-refractivity contribution is 6.08. The molecule has 0 aliphatic heterocycles. The molecule has 0 saturated carbocycles. The maximum Gasteiger partial charge on any atom is 0.307 e. The van der Waals surface area contributed by atoms with Crippen LogP contribution in [-0.4, -0.2) is 23.3 Å². The second-order valence-electron chi connectivity index (χ2n) is 7.20. The summed E-state index contributed by atoms with van der Waals surface area (Å²) in [6.07, 6.45) is -0.0302. The zero-order chi connectivity index (χ0) is 17.8. The van der Waals surface area contributed by atoms with E-state index in [0.29, 0.717) is 11.3 Å². The molecule has 0 aliphatic rings. The Morgan fingerprint density at radius 1 is 1.04 bits per heavy atom. The van der Waals surface area contributed by atoms with Crippen LogP contribution in [0.25, 0.3) is 0 Å². The van der Waals surface area contributed by atoms with Crippen LogP contribution in [0, 0.1) is 5.41 Å². The number of ether oxygens (including phenoxy) is 1. The number of ketones is 1. The number of para-hydroxylation sites is 1. The van der Waals surface area contributed by atoms with Crippen LogP contribution in [0.2, 0.25) is 0 Å². The summed E-state index contributed by atoms with van der Waals surface area (Å²) in [5.74, 6) is -0.893. The van der Waals surface area contributed by atoms with Gasteiger partial charge < -0.3 is 10.1 Å². The fourth-order valence-electron chi connectivity index (χ4n) is 2.16. The molecule has 126 valence electrons. The number of rotatable bonds is 5. The van der Waals surface area contributed by atoms with Gasteiger partial charge in [-0.2, -0.15) is 0 Å². The van der Waals surface area contributed by atoms with E-state index in [4.69, 9.17) is 4.74 Å². The SMILES string of the molecule is CC(=O)Nc1ccccc1C(=O)C(C)(C)CC(=O)OC(C)(C)C. The maximum atomic E-state index is 12.8. The van der Waals surface area contributed by atoms with E-state index in [1.165, 1.54) is 6.92 Å². The van der Waals surface area contributed by atoms with Crippen molar-refractivity contribution in [3.05, 3.63) is 29.8 Å². The largest absolute Gasteiger partial charge is 0.460 e. The molecule has 1 aromatic rings. The summed E-state index contributed by atoms with van der Waals surface area (Å²) < 4.78 is 5.29. The smallest absolute Gasteiger partial charge is 0.307 e. The van der Waals surface area contributed by atoms with Gasteiger partial charge in [0.1, 0.15) is 5.60 Å². The van der Waals surface area contributed by atoms with Crippen LogP contribution in [0.3, 0.4) is 0 Å². The lowest BCUT2D eigenvalue weighted by Crippen LogP contribution is -2.32. The van der Waals surface area contributed by atoms with Gasteiger partial charge in [0, 0.05) is 17.9 Å². The standard InChI is InChI=1S/C18H25NO4/c1-12(20)19-14-10-8-7-9-13(14)16(22)18(5,6)11-15(21)23-17(2,3)4/h7-10H,11H2,1-6H3,(H,19,20). The van der Waals surface area contributed by atoms with Gasteiger partial charge in [0.15, 0.2) is 5.78 Å². The second kappa shape index (κ2) is 6.94. The molecule has 0 radical (unpaired) electrons. The molecule has 0 atom stereocenters. The lowest BCUT2D eigenvalue weighted by Gasteiger charge is -2.26. The van der Waals surface area contributed by atoms with Crippen LogP contribution in [0.15, 0.2) is 24.3 Å². The van der Waals surface area contributed by atoms with E-state index in [1.807, 2.05) is 0 Å². The first kappa shape index (κ1) is 18.9. The van der Waals surface area contributed by atoms with Crippen molar-refractivity contribution in [2.45, 2.75) is 53.6 Å². The van der Waals surface area contributed by atoms with Gasteiger partial charge in [-0.15, -0.1) is 0 Å². The molecule has 0 spiro atoms. The van der Waals surface area contributed by atoms with Crippen molar-refractivity contribution in [3.8, 4) is 0 Å². The van der Waals surface area contributed by atoms with Crippen molar-refractivity contribution < 1.29 is 19.1 Å². The third-order valence-electron chi connectivity index (χ3n) is 3.10. The maximum absolute atomic E-state index is 12.8. The summed E-state index contributed by atoms with van der Waals surface area (Å²) in [6.45, 7) is 10.1. The molecule has 0 bridgehead atoms. The summed E-state index contributed by atoms with van der Waals surface area (Å²) >= 11 is 0. The fraction of sp³-hybridized carbons (Fsp3) is 0.500. The number of hydrogen-bond acceptors (Lipinski definition) is 4. The van der Waals surface area contributed by atoms with Gasteiger partial charge in [0.25, 0.3) is 0 Å². The number of Topliss-reactive ketones (excluding diaryl/α,β-unsaturated/α-hetero) is 1. The van der Waals surface area contributed by atoms with E-state index < -0.39 is 17.0 Å². The molecular weight excluding hydrogens is 294 g/mol. The van der Waals surface area contributed by atoms with Crippen LogP contribution in [0.4, 0.5) is 5.69 Å². The van der Waals surface area contributed by atoms with Crippen LogP contribution in [-0.2, 0) is 14.3 Å². The Kier molecular flexibility index (Phi) is 5.70. The lowest BCUT2D eigenvalue weighted by atomic mass is 9.81. The molecule has 0 aliphatic carbocycles. The Morgan fingerprint density at radius 2 is 1.61 bits per heavy atom. The van der Waals surface area contributed by atoms with Crippen molar-refractivity contribution in [1.82, 2.24) is 0 Å². The minimum absolute atomic E-state index is 0.0302. The molecule has 1 N–H and O–H groups in total. The van der Waals surface area contributed by atoms with Gasteiger partial charge in [0.2, 0.25) is 5.91 Å². The summed E-state index contributed by atoms with van der Waals surface area (Å²) in [5, 5.41) is 2.64. The first-order valence-electron chi connectivity index (χ1n) is 7.56. The number of anilines is 1. The Hall–Kier alpha value is -2.17. The van der Waals surface area contributed by atoms with Crippen molar-refractivity contribution in [3.63, 3.8) is 0 Å². The van der Waals surface area contributed by atoms with Gasteiger partial charge >= 0.3 is 5.97 Å². The summed E-state index contributed by atoms with van der Waals surface area (Å²) in [6, 6.07) is 6.77. The second-order valence-corrected chi connectivity index (χ2v) is 7.20. The van der Waals surface area contributed by atoms with Gasteiger partial charge in [0.05, 0.1) is 12.1 Å². The molecule has 0 heterocycles. The average molecular weight is 319 g/mol. The zero-order valence-corrected chi connectivity index (χ0v) is 14.6. The fourth-order valence-corrected chi connectivity index (χ4v) is 2.16. The van der Waals surface area contributed by atoms with Crippen LogP contribution >= 0.6 is 0 Å². The van der Waals surface area contributed by atoms with E-state index >= 15 is 0 Å². The molecule has 0 fully saturated rings. The third kappa shape index (κ3) is 5.85. The lowest BCUT2D eigenvalue weighted by molar-refractivity contribution is -0.156. The van der Waals surface area contributed by atoms with Gasteiger partial charge in [-0.3, -0.25) is 14.4 Å². The number of amides is 1. The number of nitrogens with one attached hydrogen (secondary N) is 1. The van der Waals surface area contributed by atoms with Gasteiger partial charge in [-0.05, 0) is 32.9 Å². The van der Waals surface area contributed by atoms with Crippen molar-refractivity contribution in [2.75, 3.05) is 5.32 Å². The minimum atomic E-state index is -0.934. The van der Waals surface area contributed by atoms with E-state index in [-0.39, 0.29) is 18.1 Å². The molecule has 5 nitrogen and oxygen atoms in total. The first-order valence-corrected chi connectivity index (χ1v) is 7.56. The van der Waals surface area contributed by atoms with Crippen LogP contribution in [0.5, 0.6) is 0 Å². The molecule has 0 unspecified atom stereocenters. The molecular formula is C18H25NO4. The van der Waals surface area contributed by atoms with Crippen molar-refractivity contribution >= 4 is 23.3 Å². The normalized spacial score (nSPS) is 11.7. The molecule has 5 heteroatoms. The molecule has 0 saturated heterocycles. The van der Waals surface area contributed by atoms with E-state index in [2.05, 4.69) is 5.32 Å². The zero-order valence-electron chi connectivity index (χ0n) is 14.6. The highest BCUT2D eigenvalue weighted by Gasteiger charge is 2.34. The topological polar surface area (TPSA) is 72.5 Å². The number of carbonyl (C=O) groups excluding carboxylic acids is 3. The average Bonchev–Trinajstić information content (AvgIpc) is 2.34. The highest BCUT2D eigenvalue weighted by atomic mass is 16.6. The Morgan fingerprint density at radius 3 is 2.13 bits per heavy atom. The number of hydrogen-bond donors (Lipinski definition) is 1. The number of carbonyl (C=O) groups is 3. The predicted molar refractivity (Wildman–Crippen MR) is 89.3 cm³/mol. The minimum Gasteiger partial charge on any atom is -0.460 e. The summed E-state index contributed by atoms with van der Waals surface area (Å²) in [5.41, 5.74) is -0.695. The Balaban J connectivity index is 2.99. The number of benzene rings is 1. The summed E-state index contributed by atoms with van der Waals surface area (Å²) in [7, 11) is 0. The number of esters is 1. The highest BCUT2D eigenvalue weighted by Crippen LogP contribution is 2.30. The molecule has 1 rings (SSSR count). The Labute approximate surface area is 137 Å². The van der Waals surface area contributed by atoms with Crippen LogP contribution in [0.1, 0.15) is 58.3 Å². The van der Waals surface area contributed by atoms with Crippen molar-refractivity contribution in [1.29, 1.82) is 0 Å². The van der Waals surface area contributed by atoms with Gasteiger partial charge in [-0.1, -0.05) is 26.0 Å². The third-order valence-corrected chi connectivity index (χ3v) is 3.10. The summed E-state index contributed by atoms with van der Waals surface area (Å²) in [4.78, 5) is 36.1. The molecule has 23 heavy (non-hydrogen) atoms. The monoisotopic (exact) mass is 319 g/mol. The molecule has 1 aromatic carbocycles. The Bertz CT molecular complexity index is 612. The predicted octanol–water partition coefficient (Wildman–Crippen LogP) is 3.59. The van der Waals surface area contributed by atoms with E-state index in [1.54, 1.807) is 58.9 Å². The molecule has 1 amide bonds. The molecule has 0 aromatic heterocycles. The van der Waals surface area contributed by atoms with Gasteiger partial charge in [-0.25, -0.2) is 0 Å². The van der Waals surface area contributed by atoms with Crippen LogP contribution < -0.4 is 5.32 Å². The van der Waals surface area contributed by atoms with E-state index in [0.717, 1.165) is 0 Å².